The maximum absolute atomic E-state index is 5.36. The molecule has 0 bridgehead atoms. The highest BCUT2D eigenvalue weighted by molar-refractivity contribution is 5.85. The van der Waals surface area contributed by atoms with Gasteiger partial charge in [0.25, 0.3) is 0 Å². The number of hydrogen-bond donors (Lipinski definition) is 0. The predicted molar refractivity (Wildman–Crippen MR) is 43.9 cm³/mol. The molecule has 0 aromatic rings. The Morgan fingerprint density at radius 1 is 1.73 bits per heavy atom. The number of aliphatic imine (C=N–C) groups is 1. The zero-order valence-corrected chi connectivity index (χ0v) is 6.92. The molecule has 0 aliphatic carbocycles. The molecule has 0 saturated carbocycles. The number of nitrogens with zero attached hydrogens (tertiary/aromatic N) is 2. The van der Waals surface area contributed by atoms with Crippen LogP contribution in [0, 0.1) is 0 Å². The van der Waals surface area contributed by atoms with Gasteiger partial charge >= 0.3 is 0 Å². The first-order valence-electron chi connectivity index (χ1n) is 4.33. The van der Waals surface area contributed by atoms with E-state index in [0.29, 0.717) is 6.04 Å². The zero-order chi connectivity index (χ0) is 7.68. The van der Waals surface area contributed by atoms with Gasteiger partial charge in [-0.1, -0.05) is 6.92 Å². The van der Waals surface area contributed by atoms with Gasteiger partial charge in [-0.15, -0.1) is 0 Å². The van der Waals surface area contributed by atoms with Gasteiger partial charge < -0.3 is 4.74 Å². The summed E-state index contributed by atoms with van der Waals surface area (Å²) in [5, 5.41) is 0. The second-order valence-electron chi connectivity index (χ2n) is 3.08. The van der Waals surface area contributed by atoms with Crippen LogP contribution in [0.5, 0.6) is 0 Å². The summed E-state index contributed by atoms with van der Waals surface area (Å²) >= 11 is 0. The van der Waals surface area contributed by atoms with E-state index in [2.05, 4.69) is 16.8 Å². The van der Waals surface area contributed by atoms with Gasteiger partial charge in [0, 0.05) is 6.54 Å². The second kappa shape index (κ2) is 2.81. The minimum absolute atomic E-state index is 0.539. The Morgan fingerprint density at radius 3 is 3.27 bits per heavy atom. The van der Waals surface area contributed by atoms with Crippen molar-refractivity contribution in [2.75, 3.05) is 26.2 Å². The molecule has 2 atom stereocenters. The molecule has 0 spiro atoms. The third-order valence-corrected chi connectivity index (χ3v) is 2.12. The highest BCUT2D eigenvalue weighted by Gasteiger charge is 2.39. The molecule has 2 rings (SSSR count). The van der Waals surface area contributed by atoms with Gasteiger partial charge in [-0.2, -0.15) is 0 Å². The summed E-state index contributed by atoms with van der Waals surface area (Å²) in [4.78, 5) is 6.68. The van der Waals surface area contributed by atoms with Crippen molar-refractivity contribution in [1.82, 2.24) is 4.90 Å². The summed E-state index contributed by atoms with van der Waals surface area (Å²) in [7, 11) is 0. The SMILES string of the molecule is CCCN1CC1C1=NCCO1. The van der Waals surface area contributed by atoms with Crippen molar-refractivity contribution in [3.63, 3.8) is 0 Å². The molecule has 2 unspecified atom stereocenters. The minimum Gasteiger partial charge on any atom is -0.478 e. The smallest absolute Gasteiger partial charge is 0.202 e. The van der Waals surface area contributed by atoms with Gasteiger partial charge in [-0.25, -0.2) is 0 Å². The monoisotopic (exact) mass is 154 g/mol. The van der Waals surface area contributed by atoms with Crippen molar-refractivity contribution < 1.29 is 4.74 Å². The Labute approximate surface area is 67.1 Å². The Hall–Kier alpha value is -0.570. The topological polar surface area (TPSA) is 24.6 Å². The molecule has 0 aromatic carbocycles. The molecule has 2 aliphatic rings. The maximum atomic E-state index is 5.36. The standard InChI is InChI=1S/C8H14N2O/c1-2-4-10-6-7(10)8-9-3-5-11-8/h7H,2-6H2,1H3. The van der Waals surface area contributed by atoms with Crippen molar-refractivity contribution in [2.24, 2.45) is 4.99 Å². The molecule has 3 nitrogen and oxygen atoms in total. The highest BCUT2D eigenvalue weighted by Crippen LogP contribution is 2.21. The van der Waals surface area contributed by atoms with Crippen molar-refractivity contribution >= 4 is 5.90 Å². The fraction of sp³-hybridized carbons (Fsp3) is 0.875. The van der Waals surface area contributed by atoms with Gasteiger partial charge in [-0.3, -0.25) is 9.89 Å². The van der Waals surface area contributed by atoms with E-state index in [9.17, 15) is 0 Å². The average molecular weight is 154 g/mol. The molecule has 2 heterocycles. The van der Waals surface area contributed by atoms with E-state index in [1.54, 1.807) is 0 Å². The number of hydrogen-bond acceptors (Lipinski definition) is 3. The molecular formula is C8H14N2O. The normalized spacial score (nSPS) is 34.8. The van der Waals surface area contributed by atoms with Crippen LogP contribution in [0.1, 0.15) is 13.3 Å². The lowest BCUT2D eigenvalue weighted by Gasteiger charge is -2.00. The molecule has 1 fully saturated rings. The van der Waals surface area contributed by atoms with Gasteiger partial charge in [0.2, 0.25) is 5.90 Å². The highest BCUT2D eigenvalue weighted by atomic mass is 16.5. The Kier molecular flexibility index (Phi) is 1.82. The van der Waals surface area contributed by atoms with Crippen molar-refractivity contribution in [3.8, 4) is 0 Å². The van der Waals surface area contributed by atoms with E-state index < -0.39 is 0 Å². The summed E-state index contributed by atoms with van der Waals surface area (Å²) in [6, 6.07) is 0.539. The molecule has 1 saturated heterocycles. The Balaban J connectivity index is 1.81. The largest absolute Gasteiger partial charge is 0.478 e. The van der Waals surface area contributed by atoms with E-state index in [4.69, 9.17) is 4.74 Å². The summed E-state index contributed by atoms with van der Waals surface area (Å²) < 4.78 is 5.36. The van der Waals surface area contributed by atoms with Crippen LogP contribution in [0.25, 0.3) is 0 Å². The number of ether oxygens (including phenoxy) is 1. The molecule has 62 valence electrons. The van der Waals surface area contributed by atoms with Gasteiger partial charge in [0.05, 0.1) is 12.6 Å². The van der Waals surface area contributed by atoms with Crippen LogP contribution in [0.3, 0.4) is 0 Å². The molecular weight excluding hydrogens is 140 g/mol. The Bertz CT molecular complexity index is 179. The van der Waals surface area contributed by atoms with E-state index in [0.717, 1.165) is 25.6 Å². The van der Waals surface area contributed by atoms with Crippen molar-refractivity contribution in [2.45, 2.75) is 19.4 Å². The van der Waals surface area contributed by atoms with E-state index >= 15 is 0 Å². The van der Waals surface area contributed by atoms with E-state index in [-0.39, 0.29) is 0 Å². The minimum atomic E-state index is 0.539. The molecule has 2 aliphatic heterocycles. The quantitative estimate of drug-likeness (QED) is 0.553. The zero-order valence-electron chi connectivity index (χ0n) is 6.92. The second-order valence-corrected chi connectivity index (χ2v) is 3.08. The first-order chi connectivity index (χ1) is 5.42. The van der Waals surface area contributed by atoms with Gasteiger partial charge in [0.15, 0.2) is 0 Å². The van der Waals surface area contributed by atoms with Crippen LogP contribution in [0.2, 0.25) is 0 Å². The lowest BCUT2D eigenvalue weighted by atomic mass is 10.4. The number of rotatable bonds is 3. The summed E-state index contributed by atoms with van der Waals surface area (Å²) in [5.74, 6) is 0.985. The lowest BCUT2D eigenvalue weighted by Crippen LogP contribution is -2.13. The molecule has 0 N–H and O–H groups in total. The molecule has 0 radical (unpaired) electrons. The maximum Gasteiger partial charge on any atom is 0.202 e. The predicted octanol–water partition coefficient (Wildman–Crippen LogP) is 0.509. The van der Waals surface area contributed by atoms with Crippen molar-refractivity contribution in [1.29, 1.82) is 0 Å². The third kappa shape index (κ3) is 1.38. The van der Waals surface area contributed by atoms with Gasteiger partial charge in [-0.05, 0) is 13.0 Å². The first-order valence-corrected chi connectivity index (χ1v) is 4.33. The summed E-state index contributed by atoms with van der Waals surface area (Å²) in [6.45, 7) is 6.21. The van der Waals surface area contributed by atoms with Crippen LogP contribution < -0.4 is 0 Å². The molecule has 11 heavy (non-hydrogen) atoms. The van der Waals surface area contributed by atoms with E-state index in [1.807, 2.05) is 0 Å². The van der Waals surface area contributed by atoms with Crippen LogP contribution in [-0.2, 0) is 4.74 Å². The van der Waals surface area contributed by atoms with Gasteiger partial charge in [0.1, 0.15) is 6.61 Å². The Morgan fingerprint density at radius 2 is 2.64 bits per heavy atom. The fourth-order valence-electron chi connectivity index (χ4n) is 1.50. The van der Waals surface area contributed by atoms with Crippen LogP contribution in [-0.4, -0.2) is 43.1 Å². The fourth-order valence-corrected chi connectivity index (χ4v) is 1.50. The molecule has 0 amide bonds. The summed E-state index contributed by atoms with van der Waals surface area (Å²) in [5.41, 5.74) is 0. The lowest BCUT2D eigenvalue weighted by molar-refractivity contribution is 0.333. The average Bonchev–Trinajstić information content (AvgIpc) is 2.61. The first kappa shape index (κ1) is 7.10. The molecule has 3 heteroatoms. The third-order valence-electron chi connectivity index (χ3n) is 2.12. The van der Waals surface area contributed by atoms with E-state index in [1.165, 1.54) is 13.0 Å². The van der Waals surface area contributed by atoms with Crippen LogP contribution >= 0.6 is 0 Å². The van der Waals surface area contributed by atoms with Crippen molar-refractivity contribution in [3.05, 3.63) is 0 Å². The van der Waals surface area contributed by atoms with Crippen LogP contribution in [0.4, 0.5) is 0 Å². The van der Waals surface area contributed by atoms with Crippen LogP contribution in [0.15, 0.2) is 4.99 Å². The molecule has 0 aromatic heterocycles. The summed E-state index contributed by atoms with van der Waals surface area (Å²) in [6.07, 6.45) is 1.23.